The summed E-state index contributed by atoms with van der Waals surface area (Å²) in [7, 11) is 2.12. The van der Waals surface area contributed by atoms with Crippen molar-refractivity contribution < 1.29 is 0 Å². The first kappa shape index (κ1) is 10.4. The molecule has 0 bridgehead atoms. The molecule has 0 atom stereocenters. The highest BCUT2D eigenvalue weighted by Gasteiger charge is 1.95. The van der Waals surface area contributed by atoms with Gasteiger partial charge in [-0.25, -0.2) is 0 Å². The molecule has 0 saturated heterocycles. The Morgan fingerprint density at radius 1 is 1.55 bits per heavy atom. The zero-order valence-electron chi connectivity index (χ0n) is 7.93. The van der Waals surface area contributed by atoms with Gasteiger partial charge in [0.15, 0.2) is 0 Å². The fourth-order valence-corrected chi connectivity index (χ4v) is 1.10. The lowest BCUT2D eigenvalue weighted by atomic mass is 10.2. The molecule has 0 rings (SSSR count). The summed E-state index contributed by atoms with van der Waals surface area (Å²) in [5.41, 5.74) is 1.18. The van der Waals surface area contributed by atoms with E-state index in [1.165, 1.54) is 12.0 Å². The minimum Gasteiger partial charge on any atom is -0.302 e. The molecule has 0 radical (unpaired) electrons. The van der Waals surface area contributed by atoms with E-state index in [-0.39, 0.29) is 0 Å². The van der Waals surface area contributed by atoms with Crippen LogP contribution in [0.4, 0.5) is 0 Å². The van der Waals surface area contributed by atoms with Crippen molar-refractivity contribution in [1.82, 2.24) is 4.90 Å². The summed E-state index contributed by atoms with van der Waals surface area (Å²) in [5.74, 6) is 0. The Bertz CT molecular complexity index is 136. The van der Waals surface area contributed by atoms with Crippen LogP contribution in [0, 0.1) is 0 Å². The summed E-state index contributed by atoms with van der Waals surface area (Å²) in [5, 5.41) is 0. The fourth-order valence-electron chi connectivity index (χ4n) is 1.10. The van der Waals surface area contributed by atoms with Crippen molar-refractivity contribution in [1.29, 1.82) is 0 Å². The first-order chi connectivity index (χ1) is 5.20. The molecular formula is C10H19N. The smallest absolute Gasteiger partial charge is 0.0224 e. The molecule has 0 unspecified atom stereocenters. The second-order valence-electron chi connectivity index (χ2n) is 2.90. The third-order valence-corrected chi connectivity index (χ3v) is 1.48. The number of allylic oxidation sites excluding steroid dienone is 1. The molecule has 0 aliphatic rings. The third-order valence-electron chi connectivity index (χ3n) is 1.48. The second-order valence-corrected chi connectivity index (χ2v) is 2.90. The summed E-state index contributed by atoms with van der Waals surface area (Å²) in [6.45, 7) is 10.3. The summed E-state index contributed by atoms with van der Waals surface area (Å²) in [6, 6.07) is 0. The van der Waals surface area contributed by atoms with Crippen LogP contribution in [0.5, 0.6) is 0 Å². The average molecular weight is 153 g/mol. The Hall–Kier alpha value is -0.560. The number of rotatable bonds is 5. The molecule has 1 heteroatoms. The monoisotopic (exact) mass is 153 g/mol. The molecule has 0 aliphatic carbocycles. The van der Waals surface area contributed by atoms with Crippen LogP contribution in [0.3, 0.4) is 0 Å². The Balaban J connectivity index is 3.57. The molecule has 0 saturated carbocycles. The molecule has 0 aliphatic heterocycles. The van der Waals surface area contributed by atoms with Crippen LogP contribution < -0.4 is 0 Å². The molecule has 0 N–H and O–H groups in total. The van der Waals surface area contributed by atoms with Gasteiger partial charge in [-0.3, -0.25) is 0 Å². The van der Waals surface area contributed by atoms with E-state index in [2.05, 4.69) is 31.5 Å². The van der Waals surface area contributed by atoms with Crippen molar-refractivity contribution in [2.75, 3.05) is 20.1 Å². The van der Waals surface area contributed by atoms with E-state index in [4.69, 9.17) is 0 Å². The van der Waals surface area contributed by atoms with Crippen LogP contribution in [0.1, 0.15) is 20.3 Å². The normalized spacial score (nSPS) is 11.3. The van der Waals surface area contributed by atoms with E-state index >= 15 is 0 Å². The minimum absolute atomic E-state index is 0.984. The van der Waals surface area contributed by atoms with Crippen LogP contribution in [0.25, 0.3) is 0 Å². The first-order valence-electron chi connectivity index (χ1n) is 4.19. The third kappa shape index (κ3) is 5.86. The second kappa shape index (κ2) is 6.17. The summed E-state index contributed by atoms with van der Waals surface area (Å²) in [6.07, 6.45) is 5.30. The van der Waals surface area contributed by atoms with Gasteiger partial charge in [0.25, 0.3) is 0 Å². The predicted octanol–water partition coefficient (Wildman–Crippen LogP) is 2.46. The van der Waals surface area contributed by atoms with Crippen molar-refractivity contribution in [3.63, 3.8) is 0 Å². The molecule has 0 heterocycles. The molecule has 0 amide bonds. The van der Waals surface area contributed by atoms with E-state index in [1.807, 2.05) is 13.0 Å². The van der Waals surface area contributed by atoms with Gasteiger partial charge in [-0.2, -0.15) is 0 Å². The average Bonchev–Trinajstić information content (AvgIpc) is 1.87. The Labute approximate surface area is 70.4 Å². The van der Waals surface area contributed by atoms with Gasteiger partial charge >= 0.3 is 0 Å². The van der Waals surface area contributed by atoms with Gasteiger partial charge in [0.05, 0.1) is 0 Å². The van der Waals surface area contributed by atoms with Gasteiger partial charge in [0, 0.05) is 6.54 Å². The van der Waals surface area contributed by atoms with Crippen LogP contribution in [0.2, 0.25) is 0 Å². The van der Waals surface area contributed by atoms with Gasteiger partial charge < -0.3 is 4.90 Å². The summed E-state index contributed by atoms with van der Waals surface area (Å²) >= 11 is 0. The highest BCUT2D eigenvalue weighted by molar-refractivity contribution is 5.15. The van der Waals surface area contributed by atoms with Gasteiger partial charge in [-0.1, -0.05) is 25.7 Å². The lowest BCUT2D eigenvalue weighted by molar-refractivity contribution is 0.365. The van der Waals surface area contributed by atoms with Crippen molar-refractivity contribution in [2.45, 2.75) is 20.3 Å². The number of hydrogen-bond donors (Lipinski definition) is 0. The van der Waals surface area contributed by atoms with Gasteiger partial charge in [0.2, 0.25) is 0 Å². The van der Waals surface area contributed by atoms with Crippen LogP contribution in [0.15, 0.2) is 24.3 Å². The predicted molar refractivity (Wildman–Crippen MR) is 51.7 cm³/mol. The molecule has 0 fully saturated rings. The van der Waals surface area contributed by atoms with E-state index in [0.717, 1.165) is 13.1 Å². The van der Waals surface area contributed by atoms with Crippen molar-refractivity contribution in [2.24, 2.45) is 0 Å². The molecule has 64 valence electrons. The minimum atomic E-state index is 0.984. The fraction of sp³-hybridized carbons (Fsp3) is 0.600. The van der Waals surface area contributed by atoms with Gasteiger partial charge in [0.1, 0.15) is 0 Å². The molecule has 0 aromatic rings. The Morgan fingerprint density at radius 3 is 2.64 bits per heavy atom. The van der Waals surface area contributed by atoms with Crippen LogP contribution in [-0.4, -0.2) is 25.0 Å². The Kier molecular flexibility index (Phi) is 5.86. The maximum atomic E-state index is 3.94. The SMILES string of the molecule is C=C(/C=C\C)CN(C)CCC. The number of nitrogens with zero attached hydrogens (tertiary/aromatic N) is 1. The zero-order chi connectivity index (χ0) is 8.69. The largest absolute Gasteiger partial charge is 0.302 e. The lowest BCUT2D eigenvalue weighted by Crippen LogP contribution is -2.20. The molecular weight excluding hydrogens is 134 g/mol. The molecule has 0 aromatic carbocycles. The zero-order valence-corrected chi connectivity index (χ0v) is 7.93. The van der Waals surface area contributed by atoms with Gasteiger partial charge in [-0.05, 0) is 32.5 Å². The maximum Gasteiger partial charge on any atom is 0.0224 e. The quantitative estimate of drug-likeness (QED) is 0.548. The number of hydrogen-bond acceptors (Lipinski definition) is 1. The first-order valence-corrected chi connectivity index (χ1v) is 4.19. The van der Waals surface area contributed by atoms with Crippen molar-refractivity contribution >= 4 is 0 Å². The van der Waals surface area contributed by atoms with E-state index < -0.39 is 0 Å². The standard InChI is InChI=1S/C10H19N/c1-5-7-10(3)9-11(4)8-6-2/h5,7H,3,6,8-9H2,1-2,4H3/b7-5-. The topological polar surface area (TPSA) is 3.24 Å². The van der Waals surface area contributed by atoms with E-state index in [9.17, 15) is 0 Å². The molecule has 11 heavy (non-hydrogen) atoms. The summed E-state index contributed by atoms with van der Waals surface area (Å²) < 4.78 is 0. The highest BCUT2D eigenvalue weighted by Crippen LogP contribution is 1.96. The van der Waals surface area contributed by atoms with Crippen LogP contribution in [-0.2, 0) is 0 Å². The molecule has 0 spiro atoms. The Morgan fingerprint density at radius 2 is 2.18 bits per heavy atom. The highest BCUT2D eigenvalue weighted by atomic mass is 15.1. The number of likely N-dealkylation sites (N-methyl/N-ethyl adjacent to an activating group) is 1. The van der Waals surface area contributed by atoms with Crippen LogP contribution >= 0.6 is 0 Å². The van der Waals surface area contributed by atoms with Gasteiger partial charge in [-0.15, -0.1) is 0 Å². The van der Waals surface area contributed by atoms with Crippen molar-refractivity contribution in [3.8, 4) is 0 Å². The lowest BCUT2D eigenvalue weighted by Gasteiger charge is -2.14. The molecule has 1 nitrogen and oxygen atoms in total. The van der Waals surface area contributed by atoms with E-state index in [1.54, 1.807) is 0 Å². The van der Waals surface area contributed by atoms with E-state index in [0.29, 0.717) is 0 Å². The summed E-state index contributed by atoms with van der Waals surface area (Å²) in [4.78, 5) is 2.28. The maximum absolute atomic E-state index is 3.94. The molecule has 0 aromatic heterocycles. The van der Waals surface area contributed by atoms with Crippen molar-refractivity contribution in [3.05, 3.63) is 24.3 Å².